The lowest BCUT2D eigenvalue weighted by molar-refractivity contribution is -0.135. The molecular weight excluding hydrogens is 403 g/mol. The normalized spacial score (nSPS) is 19.0. The minimum Gasteiger partial charge on any atom is -0.496 e. The SMILES string of the molecule is COc1ccccc1C1CN(Cc2cccc(F)c2)CC1CN(CC(C)C)C(=O)C(C)C. The molecule has 1 heterocycles. The summed E-state index contributed by atoms with van der Waals surface area (Å²) in [5.74, 6) is 1.80. The van der Waals surface area contributed by atoms with Gasteiger partial charge >= 0.3 is 0 Å². The second kappa shape index (κ2) is 11.0. The molecule has 32 heavy (non-hydrogen) atoms. The summed E-state index contributed by atoms with van der Waals surface area (Å²) in [6.45, 7) is 12.1. The topological polar surface area (TPSA) is 32.8 Å². The van der Waals surface area contributed by atoms with Gasteiger partial charge in [0, 0.05) is 44.6 Å². The van der Waals surface area contributed by atoms with Gasteiger partial charge in [-0.25, -0.2) is 4.39 Å². The van der Waals surface area contributed by atoms with E-state index in [0.29, 0.717) is 12.5 Å². The smallest absolute Gasteiger partial charge is 0.225 e. The number of halogens is 1. The van der Waals surface area contributed by atoms with Crippen molar-refractivity contribution in [3.63, 3.8) is 0 Å². The summed E-state index contributed by atoms with van der Waals surface area (Å²) in [5, 5.41) is 0. The van der Waals surface area contributed by atoms with Crippen molar-refractivity contribution >= 4 is 5.91 Å². The monoisotopic (exact) mass is 440 g/mol. The largest absolute Gasteiger partial charge is 0.496 e. The average molecular weight is 441 g/mol. The lowest BCUT2D eigenvalue weighted by Crippen LogP contribution is -2.41. The minimum atomic E-state index is -0.204. The van der Waals surface area contributed by atoms with Gasteiger partial charge in [0.2, 0.25) is 5.91 Å². The molecule has 0 bridgehead atoms. The molecule has 0 aliphatic carbocycles. The average Bonchev–Trinajstić information content (AvgIpc) is 3.14. The van der Waals surface area contributed by atoms with Crippen LogP contribution in [0.15, 0.2) is 48.5 Å². The van der Waals surface area contributed by atoms with E-state index in [9.17, 15) is 9.18 Å². The fourth-order valence-electron chi connectivity index (χ4n) is 4.84. The molecule has 2 unspecified atom stereocenters. The molecule has 2 atom stereocenters. The van der Waals surface area contributed by atoms with E-state index in [1.807, 2.05) is 36.9 Å². The van der Waals surface area contributed by atoms with Crippen LogP contribution >= 0.6 is 0 Å². The molecule has 1 aliphatic rings. The summed E-state index contributed by atoms with van der Waals surface area (Å²) in [6.07, 6.45) is 0. The second-order valence-electron chi connectivity index (χ2n) is 9.72. The third-order valence-corrected chi connectivity index (χ3v) is 6.20. The first-order chi connectivity index (χ1) is 15.3. The van der Waals surface area contributed by atoms with Crippen LogP contribution in [0, 0.1) is 23.6 Å². The Morgan fingerprint density at radius 1 is 1.12 bits per heavy atom. The van der Waals surface area contributed by atoms with Crippen molar-refractivity contribution in [2.75, 3.05) is 33.3 Å². The predicted molar refractivity (Wildman–Crippen MR) is 127 cm³/mol. The van der Waals surface area contributed by atoms with Crippen LogP contribution in [-0.4, -0.2) is 49.0 Å². The Hall–Kier alpha value is -2.40. The van der Waals surface area contributed by atoms with E-state index in [0.717, 1.165) is 37.5 Å². The maximum absolute atomic E-state index is 13.7. The van der Waals surface area contributed by atoms with E-state index in [1.165, 1.54) is 11.6 Å². The van der Waals surface area contributed by atoms with Crippen LogP contribution in [0.3, 0.4) is 0 Å². The van der Waals surface area contributed by atoms with Gasteiger partial charge in [0.15, 0.2) is 0 Å². The molecule has 3 rings (SSSR count). The highest BCUT2D eigenvalue weighted by Gasteiger charge is 2.37. The zero-order chi connectivity index (χ0) is 23.3. The van der Waals surface area contributed by atoms with Gasteiger partial charge in [-0.2, -0.15) is 0 Å². The number of hydrogen-bond acceptors (Lipinski definition) is 3. The summed E-state index contributed by atoms with van der Waals surface area (Å²) < 4.78 is 19.4. The van der Waals surface area contributed by atoms with Gasteiger partial charge in [-0.3, -0.25) is 9.69 Å². The van der Waals surface area contributed by atoms with Crippen molar-refractivity contribution in [1.82, 2.24) is 9.80 Å². The van der Waals surface area contributed by atoms with Crippen molar-refractivity contribution in [3.05, 3.63) is 65.5 Å². The molecule has 174 valence electrons. The molecule has 0 aromatic heterocycles. The third-order valence-electron chi connectivity index (χ3n) is 6.20. The maximum atomic E-state index is 13.7. The Morgan fingerprint density at radius 2 is 1.88 bits per heavy atom. The number of carbonyl (C=O) groups excluding carboxylic acids is 1. The highest BCUT2D eigenvalue weighted by atomic mass is 19.1. The molecule has 0 radical (unpaired) electrons. The van der Waals surface area contributed by atoms with E-state index in [4.69, 9.17) is 4.74 Å². The van der Waals surface area contributed by atoms with Crippen molar-refractivity contribution in [2.45, 2.75) is 40.2 Å². The van der Waals surface area contributed by atoms with Gasteiger partial charge < -0.3 is 9.64 Å². The van der Waals surface area contributed by atoms with Gasteiger partial charge in [-0.15, -0.1) is 0 Å². The first-order valence-electron chi connectivity index (χ1n) is 11.7. The number of nitrogens with zero attached hydrogens (tertiary/aromatic N) is 2. The summed E-state index contributed by atoms with van der Waals surface area (Å²) >= 11 is 0. The van der Waals surface area contributed by atoms with Crippen LogP contribution in [0.2, 0.25) is 0 Å². The Labute approximate surface area is 192 Å². The van der Waals surface area contributed by atoms with Crippen molar-refractivity contribution in [1.29, 1.82) is 0 Å². The molecule has 2 aromatic carbocycles. The highest BCUT2D eigenvalue weighted by molar-refractivity contribution is 5.78. The standard InChI is InChI=1S/C27H37FN2O2/c1-19(2)14-30(27(31)20(3)4)17-22-16-29(15-21-9-8-10-23(28)13-21)18-25(22)24-11-6-7-12-26(24)32-5/h6-13,19-20,22,25H,14-18H2,1-5H3. The van der Waals surface area contributed by atoms with E-state index in [-0.39, 0.29) is 29.5 Å². The maximum Gasteiger partial charge on any atom is 0.225 e. The molecular formula is C27H37FN2O2. The number of ether oxygens (including phenoxy) is 1. The summed E-state index contributed by atoms with van der Waals surface area (Å²) in [5.41, 5.74) is 2.16. The molecule has 0 saturated carbocycles. The Bertz CT molecular complexity index is 899. The van der Waals surface area contributed by atoms with E-state index >= 15 is 0 Å². The van der Waals surface area contributed by atoms with Crippen LogP contribution in [0.4, 0.5) is 4.39 Å². The van der Waals surface area contributed by atoms with Gasteiger partial charge in [0.25, 0.3) is 0 Å². The zero-order valence-corrected chi connectivity index (χ0v) is 20.1. The molecule has 1 fully saturated rings. The number of rotatable bonds is 9. The molecule has 4 nitrogen and oxygen atoms in total. The quantitative estimate of drug-likeness (QED) is 0.538. The van der Waals surface area contributed by atoms with Crippen LogP contribution in [0.5, 0.6) is 5.75 Å². The predicted octanol–water partition coefficient (Wildman–Crippen LogP) is 5.19. The molecule has 0 N–H and O–H groups in total. The molecule has 0 spiro atoms. The second-order valence-corrected chi connectivity index (χ2v) is 9.72. The van der Waals surface area contributed by atoms with Gasteiger partial charge in [0.1, 0.15) is 11.6 Å². The van der Waals surface area contributed by atoms with E-state index in [2.05, 4.69) is 30.9 Å². The number of amides is 1. The molecule has 1 amide bonds. The van der Waals surface area contributed by atoms with Gasteiger partial charge in [-0.05, 0) is 41.2 Å². The fourth-order valence-corrected chi connectivity index (χ4v) is 4.84. The number of benzene rings is 2. The Morgan fingerprint density at radius 3 is 2.53 bits per heavy atom. The van der Waals surface area contributed by atoms with Crippen LogP contribution in [-0.2, 0) is 11.3 Å². The number of hydrogen-bond donors (Lipinski definition) is 0. The lowest BCUT2D eigenvalue weighted by Gasteiger charge is -2.31. The van der Waals surface area contributed by atoms with Crippen molar-refractivity contribution < 1.29 is 13.9 Å². The molecule has 1 aliphatic heterocycles. The van der Waals surface area contributed by atoms with Crippen LogP contribution < -0.4 is 4.74 Å². The minimum absolute atomic E-state index is 0.0248. The van der Waals surface area contributed by atoms with Crippen LogP contribution in [0.25, 0.3) is 0 Å². The Kier molecular flexibility index (Phi) is 8.30. The molecule has 1 saturated heterocycles. The number of carbonyl (C=O) groups is 1. The highest BCUT2D eigenvalue weighted by Crippen LogP contribution is 2.38. The van der Waals surface area contributed by atoms with Crippen molar-refractivity contribution in [3.8, 4) is 5.75 Å². The summed E-state index contributed by atoms with van der Waals surface area (Å²) in [7, 11) is 1.71. The molecule has 2 aromatic rings. The lowest BCUT2D eigenvalue weighted by atomic mass is 9.87. The van der Waals surface area contributed by atoms with Gasteiger partial charge in [0.05, 0.1) is 7.11 Å². The van der Waals surface area contributed by atoms with E-state index < -0.39 is 0 Å². The third kappa shape index (κ3) is 6.10. The van der Waals surface area contributed by atoms with Crippen LogP contribution in [0.1, 0.15) is 44.7 Å². The molecule has 5 heteroatoms. The van der Waals surface area contributed by atoms with Gasteiger partial charge in [-0.1, -0.05) is 58.0 Å². The van der Waals surface area contributed by atoms with E-state index in [1.54, 1.807) is 19.2 Å². The summed E-state index contributed by atoms with van der Waals surface area (Å²) in [6, 6.07) is 15.0. The fraction of sp³-hybridized carbons (Fsp3) is 0.519. The summed E-state index contributed by atoms with van der Waals surface area (Å²) in [4.78, 5) is 17.4. The number of likely N-dealkylation sites (tertiary alicyclic amines) is 1. The zero-order valence-electron chi connectivity index (χ0n) is 20.1. The number of methoxy groups -OCH3 is 1. The number of para-hydroxylation sites is 1. The van der Waals surface area contributed by atoms with Crippen molar-refractivity contribution in [2.24, 2.45) is 17.8 Å². The Balaban J connectivity index is 1.87. The first-order valence-corrected chi connectivity index (χ1v) is 11.7. The first kappa shape index (κ1) is 24.2.